The van der Waals surface area contributed by atoms with Crippen molar-refractivity contribution < 1.29 is 13.2 Å². The molecule has 1 aromatic rings. The Labute approximate surface area is 127 Å². The van der Waals surface area contributed by atoms with E-state index < -0.39 is 16.1 Å². The van der Waals surface area contributed by atoms with Gasteiger partial charge < -0.3 is 10.5 Å². The summed E-state index contributed by atoms with van der Waals surface area (Å²) in [6.07, 6.45) is 0.736. The summed E-state index contributed by atoms with van der Waals surface area (Å²) in [7, 11) is -3.77. The molecule has 4 unspecified atom stereocenters. The fourth-order valence-corrected chi connectivity index (χ4v) is 4.86. The second kappa shape index (κ2) is 5.12. The largest absolute Gasteiger partial charge is 0.376 e. The van der Waals surface area contributed by atoms with Gasteiger partial charge in [0.15, 0.2) is 0 Å². The monoisotopic (exact) mass is 336 g/mol. The summed E-state index contributed by atoms with van der Waals surface area (Å²) in [5.41, 5.74) is 6.00. The van der Waals surface area contributed by atoms with Crippen molar-refractivity contribution in [1.29, 1.82) is 0 Å². The number of rotatable bonds is 3. The number of nitrogens with two attached hydrogens (primary N) is 1. The Morgan fingerprint density at radius 2 is 2.10 bits per heavy atom. The zero-order valence-electron chi connectivity index (χ0n) is 10.4. The zero-order chi connectivity index (χ0) is 14.5. The number of sulfonamides is 1. The third kappa shape index (κ3) is 2.34. The van der Waals surface area contributed by atoms with Gasteiger partial charge in [-0.3, -0.25) is 0 Å². The lowest BCUT2D eigenvalue weighted by molar-refractivity contribution is -0.00923. The van der Waals surface area contributed by atoms with Crippen molar-refractivity contribution >= 4 is 33.2 Å². The second-order valence-corrected chi connectivity index (χ2v) is 7.61. The highest BCUT2D eigenvalue weighted by Crippen LogP contribution is 2.38. The molecule has 20 heavy (non-hydrogen) atoms. The van der Waals surface area contributed by atoms with Crippen LogP contribution in [0.2, 0.25) is 10.0 Å². The average molecular weight is 337 g/mol. The summed E-state index contributed by atoms with van der Waals surface area (Å²) in [6, 6.07) is 3.67. The molecule has 1 aliphatic heterocycles. The van der Waals surface area contributed by atoms with Crippen molar-refractivity contribution in [2.45, 2.75) is 29.5 Å². The number of hydrogen-bond donors (Lipinski definition) is 2. The maximum absolute atomic E-state index is 12.4. The smallest absolute Gasteiger partial charge is 0.242 e. The quantitative estimate of drug-likeness (QED) is 0.873. The molecule has 1 aliphatic carbocycles. The molecule has 4 atom stereocenters. The lowest BCUT2D eigenvalue weighted by Gasteiger charge is -2.45. The lowest BCUT2D eigenvalue weighted by atomic mass is 9.73. The van der Waals surface area contributed by atoms with E-state index in [4.69, 9.17) is 33.7 Å². The molecule has 1 heterocycles. The van der Waals surface area contributed by atoms with Crippen LogP contribution in [0.5, 0.6) is 0 Å². The van der Waals surface area contributed by atoms with Gasteiger partial charge in [-0.1, -0.05) is 23.2 Å². The molecule has 0 spiro atoms. The molecular weight excluding hydrogens is 323 g/mol. The van der Waals surface area contributed by atoms with Crippen LogP contribution < -0.4 is 10.5 Å². The molecule has 5 nitrogen and oxygen atoms in total. The van der Waals surface area contributed by atoms with Crippen LogP contribution in [0.4, 0.5) is 0 Å². The second-order valence-electron chi connectivity index (χ2n) is 5.09. The van der Waals surface area contributed by atoms with Crippen LogP contribution >= 0.6 is 23.2 Å². The van der Waals surface area contributed by atoms with Gasteiger partial charge in [0.25, 0.3) is 0 Å². The first kappa shape index (κ1) is 14.6. The van der Waals surface area contributed by atoms with Gasteiger partial charge in [-0.2, -0.15) is 0 Å². The predicted octanol–water partition coefficient (Wildman–Crippen LogP) is 1.39. The summed E-state index contributed by atoms with van der Waals surface area (Å²) in [4.78, 5) is -0.0414. The van der Waals surface area contributed by atoms with Crippen molar-refractivity contribution in [3.8, 4) is 0 Å². The SMILES string of the molecule is NC1C2CCOC2C1NS(=O)(=O)c1cc(Cl)ccc1Cl. The van der Waals surface area contributed by atoms with Crippen LogP contribution in [0.15, 0.2) is 23.1 Å². The summed E-state index contributed by atoms with van der Waals surface area (Å²) in [5, 5.41) is 0.432. The van der Waals surface area contributed by atoms with Crippen molar-refractivity contribution in [2.75, 3.05) is 6.61 Å². The van der Waals surface area contributed by atoms with Gasteiger partial charge in [-0.15, -0.1) is 0 Å². The Morgan fingerprint density at radius 1 is 1.35 bits per heavy atom. The molecule has 3 N–H and O–H groups in total. The van der Waals surface area contributed by atoms with Crippen molar-refractivity contribution in [2.24, 2.45) is 11.7 Å². The van der Waals surface area contributed by atoms with E-state index in [1.807, 2.05) is 0 Å². The number of benzene rings is 1. The predicted molar refractivity (Wildman–Crippen MR) is 76.4 cm³/mol. The minimum absolute atomic E-state index is 0.0414. The standard InChI is InChI=1S/C12H14Cl2N2O3S/c13-6-1-2-8(14)9(5-6)20(17,18)16-11-10(15)7-3-4-19-12(7)11/h1-2,5,7,10-12,16H,3-4,15H2. The van der Waals surface area contributed by atoms with Crippen molar-refractivity contribution in [3.05, 3.63) is 28.2 Å². The number of halogens is 2. The van der Waals surface area contributed by atoms with Crippen LogP contribution in [-0.2, 0) is 14.8 Å². The highest BCUT2D eigenvalue weighted by molar-refractivity contribution is 7.89. The normalized spacial score (nSPS) is 32.8. The molecule has 110 valence electrons. The Balaban J connectivity index is 1.84. The minimum atomic E-state index is -3.77. The minimum Gasteiger partial charge on any atom is -0.376 e. The molecule has 0 aromatic heterocycles. The van der Waals surface area contributed by atoms with Crippen molar-refractivity contribution in [1.82, 2.24) is 4.72 Å². The van der Waals surface area contributed by atoms with E-state index >= 15 is 0 Å². The summed E-state index contributed by atoms with van der Waals surface area (Å²) in [5.74, 6) is 0.234. The maximum Gasteiger partial charge on any atom is 0.242 e. The molecule has 2 fully saturated rings. The van der Waals surface area contributed by atoms with E-state index in [0.717, 1.165) is 6.42 Å². The van der Waals surface area contributed by atoms with Gasteiger partial charge in [-0.05, 0) is 24.6 Å². The van der Waals surface area contributed by atoms with E-state index in [1.165, 1.54) is 18.2 Å². The summed E-state index contributed by atoms with van der Waals surface area (Å²) < 4.78 is 32.8. The van der Waals surface area contributed by atoms with Gasteiger partial charge >= 0.3 is 0 Å². The van der Waals surface area contributed by atoms with Crippen LogP contribution in [0.1, 0.15) is 6.42 Å². The highest BCUT2D eigenvalue weighted by atomic mass is 35.5. The first-order valence-corrected chi connectivity index (χ1v) is 8.48. The molecular formula is C12H14Cl2N2O3S. The fourth-order valence-electron chi connectivity index (χ4n) is 2.82. The fraction of sp³-hybridized carbons (Fsp3) is 0.500. The number of ether oxygens (including phenoxy) is 1. The molecule has 8 heteroatoms. The first-order valence-electron chi connectivity index (χ1n) is 6.25. The van der Waals surface area contributed by atoms with E-state index in [0.29, 0.717) is 11.6 Å². The van der Waals surface area contributed by atoms with E-state index in [-0.39, 0.29) is 28.0 Å². The molecule has 3 rings (SSSR count). The van der Waals surface area contributed by atoms with E-state index in [2.05, 4.69) is 4.72 Å². The number of hydrogen-bond acceptors (Lipinski definition) is 4. The molecule has 2 aliphatic rings. The van der Waals surface area contributed by atoms with Crippen LogP contribution in [0.25, 0.3) is 0 Å². The molecule has 1 saturated heterocycles. The topological polar surface area (TPSA) is 81.4 Å². The number of nitrogens with one attached hydrogen (secondary N) is 1. The Kier molecular flexibility index (Phi) is 3.73. The molecule has 0 bridgehead atoms. The van der Waals surface area contributed by atoms with Gasteiger partial charge in [0, 0.05) is 23.6 Å². The van der Waals surface area contributed by atoms with Crippen molar-refractivity contribution in [3.63, 3.8) is 0 Å². The summed E-state index contributed by atoms with van der Waals surface area (Å²) >= 11 is 11.8. The van der Waals surface area contributed by atoms with E-state index in [9.17, 15) is 8.42 Å². The maximum atomic E-state index is 12.4. The third-order valence-electron chi connectivity index (χ3n) is 3.92. The molecule has 0 radical (unpaired) electrons. The summed E-state index contributed by atoms with van der Waals surface area (Å²) in [6.45, 7) is 0.624. The Hall–Kier alpha value is -0.370. The van der Waals surface area contributed by atoms with Gasteiger partial charge in [0.1, 0.15) is 4.90 Å². The van der Waals surface area contributed by atoms with Gasteiger partial charge in [0.2, 0.25) is 10.0 Å². The van der Waals surface area contributed by atoms with Crippen LogP contribution in [-0.4, -0.2) is 33.2 Å². The van der Waals surface area contributed by atoms with Crippen LogP contribution in [0.3, 0.4) is 0 Å². The molecule has 1 saturated carbocycles. The highest BCUT2D eigenvalue weighted by Gasteiger charge is 2.53. The third-order valence-corrected chi connectivity index (χ3v) is 6.10. The van der Waals surface area contributed by atoms with Gasteiger partial charge in [0.05, 0.1) is 17.2 Å². The zero-order valence-corrected chi connectivity index (χ0v) is 12.8. The Bertz CT molecular complexity index is 638. The molecule has 1 aromatic carbocycles. The lowest BCUT2D eigenvalue weighted by Crippen LogP contribution is -2.68. The van der Waals surface area contributed by atoms with E-state index in [1.54, 1.807) is 0 Å². The molecule has 0 amide bonds. The average Bonchev–Trinajstić information content (AvgIpc) is 2.84. The first-order chi connectivity index (χ1) is 9.40. The van der Waals surface area contributed by atoms with Gasteiger partial charge in [-0.25, -0.2) is 13.1 Å². The van der Waals surface area contributed by atoms with Crippen LogP contribution in [0, 0.1) is 5.92 Å². The number of fused-ring (bicyclic) bond motifs is 1. The Morgan fingerprint density at radius 3 is 2.85 bits per heavy atom.